The van der Waals surface area contributed by atoms with E-state index in [0.717, 1.165) is 23.3 Å². The number of aryl methyl sites for hydroxylation is 1. The number of likely N-dealkylation sites (tertiary alicyclic amines) is 1. The van der Waals surface area contributed by atoms with Crippen LogP contribution < -0.4 is 5.43 Å². The monoisotopic (exact) mass is 382 g/mol. The zero-order valence-electron chi connectivity index (χ0n) is 17.5. The number of rotatable bonds is 3. The van der Waals surface area contributed by atoms with E-state index in [4.69, 9.17) is 4.74 Å². The third-order valence-corrected chi connectivity index (χ3v) is 6.62. The van der Waals surface area contributed by atoms with Gasteiger partial charge in [-0.05, 0) is 55.2 Å². The van der Waals surface area contributed by atoms with Crippen LogP contribution in [0.15, 0.2) is 23.0 Å². The number of carbonyl (C=O) groups excluding carboxylic acids is 1. The highest BCUT2D eigenvalue weighted by Gasteiger charge is 2.49. The van der Waals surface area contributed by atoms with Gasteiger partial charge in [0.25, 0.3) is 0 Å². The molecule has 1 N–H and O–H groups in total. The van der Waals surface area contributed by atoms with Gasteiger partial charge < -0.3 is 9.72 Å². The smallest absolute Gasteiger partial charge is 0.337 e. The molecular weight excluding hydrogens is 352 g/mol. The normalized spacial score (nSPS) is 26.5. The Morgan fingerprint density at radius 2 is 2.04 bits per heavy atom. The van der Waals surface area contributed by atoms with Crippen LogP contribution in [0.25, 0.3) is 10.9 Å². The molecule has 2 aliphatic rings. The van der Waals surface area contributed by atoms with Gasteiger partial charge >= 0.3 is 5.97 Å². The van der Waals surface area contributed by atoms with Gasteiger partial charge in [0.05, 0.1) is 12.7 Å². The van der Waals surface area contributed by atoms with Gasteiger partial charge in [-0.15, -0.1) is 0 Å². The summed E-state index contributed by atoms with van der Waals surface area (Å²) in [5.74, 6) is -0.424. The van der Waals surface area contributed by atoms with Crippen LogP contribution in [-0.2, 0) is 11.3 Å². The fraction of sp³-hybridized carbons (Fsp3) is 0.565. The molecule has 0 radical (unpaired) electrons. The number of esters is 1. The number of pyridine rings is 1. The lowest BCUT2D eigenvalue weighted by Gasteiger charge is -2.40. The van der Waals surface area contributed by atoms with Gasteiger partial charge in [-0.1, -0.05) is 20.8 Å². The molecular formula is C23H30N2O3. The van der Waals surface area contributed by atoms with Crippen molar-refractivity contribution in [3.8, 4) is 0 Å². The number of ether oxygens (including phenoxy) is 1. The number of H-pyrrole nitrogens is 1. The number of aromatic nitrogens is 1. The van der Waals surface area contributed by atoms with E-state index in [2.05, 4.69) is 30.7 Å². The molecule has 0 unspecified atom stereocenters. The molecule has 2 aromatic rings. The topological polar surface area (TPSA) is 62.4 Å². The summed E-state index contributed by atoms with van der Waals surface area (Å²) in [7, 11) is 1.35. The lowest BCUT2D eigenvalue weighted by molar-refractivity contribution is 0.0601. The Hall–Kier alpha value is -2.14. The first-order valence-electron chi connectivity index (χ1n) is 10.1. The molecule has 0 amide bonds. The van der Waals surface area contributed by atoms with Gasteiger partial charge in [0, 0.05) is 41.3 Å². The number of aromatic amines is 1. The lowest BCUT2D eigenvalue weighted by atomic mass is 9.65. The molecule has 2 fully saturated rings. The minimum Gasteiger partial charge on any atom is -0.465 e. The molecule has 1 aromatic carbocycles. The van der Waals surface area contributed by atoms with Crippen molar-refractivity contribution in [2.45, 2.75) is 59.5 Å². The molecule has 150 valence electrons. The molecule has 2 bridgehead atoms. The summed E-state index contributed by atoms with van der Waals surface area (Å²) in [6.45, 7) is 10.8. The second-order valence-electron chi connectivity index (χ2n) is 9.93. The van der Waals surface area contributed by atoms with Crippen molar-refractivity contribution in [1.29, 1.82) is 0 Å². The van der Waals surface area contributed by atoms with E-state index in [0.29, 0.717) is 34.4 Å². The largest absolute Gasteiger partial charge is 0.465 e. The Labute approximate surface area is 166 Å². The van der Waals surface area contributed by atoms with Crippen molar-refractivity contribution in [3.63, 3.8) is 0 Å². The van der Waals surface area contributed by atoms with Crippen molar-refractivity contribution < 1.29 is 9.53 Å². The third-order valence-electron chi connectivity index (χ3n) is 6.62. The number of benzene rings is 1. The van der Waals surface area contributed by atoms with Crippen molar-refractivity contribution in [1.82, 2.24) is 9.88 Å². The predicted octanol–water partition coefficient (Wildman–Crippen LogP) is 4.02. The highest BCUT2D eigenvalue weighted by atomic mass is 16.5. The number of nitrogens with zero attached hydrogens (tertiary/aromatic N) is 1. The van der Waals surface area contributed by atoms with Gasteiger partial charge in [-0.3, -0.25) is 9.69 Å². The van der Waals surface area contributed by atoms with E-state index in [1.807, 2.05) is 6.92 Å². The number of hydrogen-bond donors (Lipinski definition) is 1. The second-order valence-corrected chi connectivity index (χ2v) is 9.93. The first-order valence-corrected chi connectivity index (χ1v) is 10.1. The SMILES string of the molecule is COC(=O)c1ccc2[nH]c(C)c(CN3C[C@]4(C)C[C@@H]3CC(C)(C)C4)c(=O)c2c1. The molecule has 2 atom stereocenters. The van der Waals surface area contributed by atoms with E-state index in [1.54, 1.807) is 18.2 Å². The number of fused-ring (bicyclic) bond motifs is 3. The first kappa shape index (κ1) is 19.2. The summed E-state index contributed by atoms with van der Waals surface area (Å²) in [6, 6.07) is 5.65. The van der Waals surface area contributed by atoms with Crippen LogP contribution in [-0.4, -0.2) is 35.5 Å². The van der Waals surface area contributed by atoms with Gasteiger partial charge in [0.2, 0.25) is 0 Å². The van der Waals surface area contributed by atoms with Crippen LogP contribution in [0.4, 0.5) is 0 Å². The highest BCUT2D eigenvalue weighted by Crippen LogP contribution is 2.52. The zero-order chi connectivity index (χ0) is 20.3. The minimum atomic E-state index is -0.424. The highest BCUT2D eigenvalue weighted by molar-refractivity contribution is 5.94. The average Bonchev–Trinajstić information content (AvgIpc) is 2.85. The quantitative estimate of drug-likeness (QED) is 0.815. The molecule has 1 aromatic heterocycles. The van der Waals surface area contributed by atoms with Crippen molar-refractivity contribution in [2.75, 3.05) is 13.7 Å². The van der Waals surface area contributed by atoms with E-state index in [1.165, 1.54) is 26.4 Å². The molecule has 0 spiro atoms. The molecule has 1 saturated heterocycles. The molecule has 4 rings (SSSR count). The van der Waals surface area contributed by atoms with Gasteiger partial charge in [-0.2, -0.15) is 0 Å². The predicted molar refractivity (Wildman–Crippen MR) is 111 cm³/mol. The number of nitrogens with one attached hydrogen (secondary N) is 1. The summed E-state index contributed by atoms with van der Waals surface area (Å²) in [5.41, 5.74) is 3.59. The van der Waals surface area contributed by atoms with Crippen LogP contribution in [0.1, 0.15) is 61.6 Å². The molecule has 1 saturated carbocycles. The Morgan fingerprint density at radius 3 is 2.75 bits per heavy atom. The summed E-state index contributed by atoms with van der Waals surface area (Å²) in [5, 5.41) is 0.553. The number of methoxy groups -OCH3 is 1. The fourth-order valence-corrected chi connectivity index (χ4v) is 5.85. The molecule has 5 nitrogen and oxygen atoms in total. The summed E-state index contributed by atoms with van der Waals surface area (Å²) < 4.78 is 4.81. The zero-order valence-corrected chi connectivity index (χ0v) is 17.5. The Bertz CT molecular complexity index is 1010. The molecule has 2 heterocycles. The Kier molecular flexibility index (Phi) is 4.42. The van der Waals surface area contributed by atoms with E-state index in [9.17, 15) is 9.59 Å². The van der Waals surface area contributed by atoms with Crippen molar-refractivity contribution in [2.24, 2.45) is 10.8 Å². The standard InChI is InChI=1S/C23H30N2O3/c1-14-18(11-25-13-23(4)10-16(25)9-22(2,3)12-23)20(26)17-8-15(21(27)28-5)6-7-19(17)24-14/h6-8,16H,9-13H2,1-5H3,(H,24,26)/t16-,23+/m0/s1. The Balaban J connectivity index is 1.71. The van der Waals surface area contributed by atoms with Crippen LogP contribution >= 0.6 is 0 Å². The summed E-state index contributed by atoms with van der Waals surface area (Å²) in [4.78, 5) is 31.0. The number of hydrogen-bond acceptors (Lipinski definition) is 4. The molecule has 5 heteroatoms. The van der Waals surface area contributed by atoms with E-state index < -0.39 is 5.97 Å². The maximum atomic E-state index is 13.3. The van der Waals surface area contributed by atoms with Crippen LogP contribution in [0, 0.1) is 17.8 Å². The van der Waals surface area contributed by atoms with Crippen molar-refractivity contribution >= 4 is 16.9 Å². The molecule has 1 aliphatic heterocycles. The van der Waals surface area contributed by atoms with E-state index >= 15 is 0 Å². The molecule has 28 heavy (non-hydrogen) atoms. The second kappa shape index (κ2) is 6.45. The lowest BCUT2D eigenvalue weighted by Crippen LogP contribution is -2.35. The average molecular weight is 383 g/mol. The fourth-order valence-electron chi connectivity index (χ4n) is 5.85. The maximum Gasteiger partial charge on any atom is 0.337 e. The van der Waals surface area contributed by atoms with Crippen LogP contribution in [0.3, 0.4) is 0 Å². The van der Waals surface area contributed by atoms with Crippen LogP contribution in [0.5, 0.6) is 0 Å². The van der Waals surface area contributed by atoms with Crippen molar-refractivity contribution in [3.05, 3.63) is 45.2 Å². The van der Waals surface area contributed by atoms with Crippen LogP contribution in [0.2, 0.25) is 0 Å². The maximum absolute atomic E-state index is 13.3. The Morgan fingerprint density at radius 1 is 1.29 bits per heavy atom. The van der Waals surface area contributed by atoms with Gasteiger partial charge in [-0.25, -0.2) is 4.79 Å². The number of carbonyl (C=O) groups is 1. The summed E-state index contributed by atoms with van der Waals surface area (Å²) in [6.07, 6.45) is 3.63. The molecule has 1 aliphatic carbocycles. The first-order chi connectivity index (χ1) is 13.1. The minimum absolute atomic E-state index is 0.0165. The van der Waals surface area contributed by atoms with E-state index in [-0.39, 0.29) is 5.43 Å². The summed E-state index contributed by atoms with van der Waals surface area (Å²) >= 11 is 0. The van der Waals surface area contributed by atoms with Gasteiger partial charge in [0.1, 0.15) is 0 Å². The third kappa shape index (κ3) is 3.26. The van der Waals surface area contributed by atoms with Gasteiger partial charge in [0.15, 0.2) is 5.43 Å².